The van der Waals surface area contributed by atoms with E-state index in [-0.39, 0.29) is 11.6 Å². The van der Waals surface area contributed by atoms with E-state index in [1.54, 1.807) is 0 Å². The van der Waals surface area contributed by atoms with Crippen molar-refractivity contribution < 1.29 is 0 Å². The minimum Gasteiger partial charge on any atom is -0.275 e. The number of aliphatic imine (C=N–C) groups is 1. The molecule has 0 saturated carbocycles. The molecule has 1 saturated heterocycles. The lowest BCUT2D eigenvalue weighted by molar-refractivity contribution is 0.116. The molecule has 1 rings (SSSR count). The summed E-state index contributed by atoms with van der Waals surface area (Å²) in [5.41, 5.74) is 0.601. The predicted octanol–water partition coefficient (Wildman–Crippen LogP) is 3.95. The molecule has 3 nitrogen and oxygen atoms in total. The van der Waals surface area contributed by atoms with Gasteiger partial charge in [-0.15, -0.1) is 0 Å². The van der Waals surface area contributed by atoms with Crippen LogP contribution in [0.5, 0.6) is 0 Å². The minimum absolute atomic E-state index is 0.105. The highest BCUT2D eigenvalue weighted by Gasteiger charge is 2.32. The summed E-state index contributed by atoms with van der Waals surface area (Å²) in [6, 6.07) is 0. The van der Waals surface area contributed by atoms with Gasteiger partial charge in [0.1, 0.15) is 6.17 Å². The Bertz CT molecular complexity index is 305. The van der Waals surface area contributed by atoms with Crippen molar-refractivity contribution in [2.75, 3.05) is 6.54 Å². The predicted molar refractivity (Wildman–Crippen MR) is 80.2 cm³/mol. The second kappa shape index (κ2) is 5.85. The van der Waals surface area contributed by atoms with E-state index in [4.69, 9.17) is 0 Å². The average molecular weight is 251 g/mol. The van der Waals surface area contributed by atoms with E-state index in [1.165, 1.54) is 19.3 Å². The third kappa shape index (κ3) is 4.43. The first-order chi connectivity index (χ1) is 8.29. The topological polar surface area (TPSA) is 28.0 Å². The SMILES string of the molecule is C=NC1CC(C)(C)CCCC(C)(C)CN1/N=C\C. The van der Waals surface area contributed by atoms with Crippen LogP contribution in [0, 0.1) is 10.8 Å². The fourth-order valence-corrected chi connectivity index (χ4v) is 2.80. The molecule has 0 aromatic rings. The molecule has 104 valence electrons. The van der Waals surface area contributed by atoms with Crippen molar-refractivity contribution in [1.29, 1.82) is 0 Å². The molecule has 1 aliphatic heterocycles. The Labute approximate surface area is 112 Å². The third-order valence-electron chi connectivity index (χ3n) is 3.85. The maximum atomic E-state index is 4.51. The molecule has 0 N–H and O–H groups in total. The first-order valence-electron chi connectivity index (χ1n) is 7.01. The van der Waals surface area contributed by atoms with Crippen LogP contribution in [0.3, 0.4) is 0 Å². The van der Waals surface area contributed by atoms with Crippen LogP contribution in [0.15, 0.2) is 10.1 Å². The molecule has 1 heterocycles. The van der Waals surface area contributed by atoms with E-state index in [0.29, 0.717) is 5.41 Å². The average Bonchev–Trinajstić information content (AvgIpc) is 2.27. The van der Waals surface area contributed by atoms with Crippen molar-refractivity contribution in [2.45, 2.75) is 66.5 Å². The summed E-state index contributed by atoms with van der Waals surface area (Å²) >= 11 is 0. The van der Waals surface area contributed by atoms with Gasteiger partial charge in [0.15, 0.2) is 0 Å². The quantitative estimate of drug-likeness (QED) is 0.683. The highest BCUT2D eigenvalue weighted by molar-refractivity contribution is 5.52. The molecule has 1 unspecified atom stereocenters. The highest BCUT2D eigenvalue weighted by atomic mass is 15.5. The van der Waals surface area contributed by atoms with Crippen molar-refractivity contribution in [3.05, 3.63) is 0 Å². The molecule has 0 bridgehead atoms. The van der Waals surface area contributed by atoms with Crippen molar-refractivity contribution in [2.24, 2.45) is 20.9 Å². The van der Waals surface area contributed by atoms with Gasteiger partial charge >= 0.3 is 0 Å². The molecule has 0 aliphatic carbocycles. The molecule has 0 aromatic carbocycles. The summed E-state index contributed by atoms with van der Waals surface area (Å²) in [7, 11) is 0. The first-order valence-corrected chi connectivity index (χ1v) is 7.01. The summed E-state index contributed by atoms with van der Waals surface area (Å²) < 4.78 is 0. The Hall–Kier alpha value is -0.860. The van der Waals surface area contributed by atoms with Crippen LogP contribution in [0.2, 0.25) is 0 Å². The molecule has 1 aliphatic rings. The summed E-state index contributed by atoms with van der Waals surface area (Å²) in [6.45, 7) is 16.0. The summed E-state index contributed by atoms with van der Waals surface area (Å²) in [5.74, 6) is 0. The Morgan fingerprint density at radius 1 is 1.17 bits per heavy atom. The summed E-state index contributed by atoms with van der Waals surface area (Å²) in [6.07, 6.45) is 6.78. The van der Waals surface area contributed by atoms with Gasteiger partial charge in [-0.2, -0.15) is 5.10 Å². The molecular weight excluding hydrogens is 222 g/mol. The van der Waals surface area contributed by atoms with Crippen LogP contribution in [-0.4, -0.2) is 30.7 Å². The Kier molecular flexibility index (Phi) is 4.94. The normalized spacial score (nSPS) is 28.5. The Balaban J connectivity index is 2.98. The van der Waals surface area contributed by atoms with Gasteiger partial charge in [0, 0.05) is 12.8 Å². The lowest BCUT2D eigenvalue weighted by atomic mass is 9.80. The van der Waals surface area contributed by atoms with Crippen molar-refractivity contribution in [3.63, 3.8) is 0 Å². The van der Waals surface area contributed by atoms with Gasteiger partial charge in [-0.3, -0.25) is 10.0 Å². The van der Waals surface area contributed by atoms with E-state index in [0.717, 1.165) is 13.0 Å². The summed E-state index contributed by atoms with van der Waals surface area (Å²) in [5, 5.41) is 6.64. The molecule has 3 heteroatoms. The number of hydrogen-bond acceptors (Lipinski definition) is 3. The zero-order chi connectivity index (χ0) is 13.8. The molecule has 0 aromatic heterocycles. The van der Waals surface area contributed by atoms with E-state index in [2.05, 4.69) is 49.5 Å². The van der Waals surface area contributed by atoms with Crippen molar-refractivity contribution in [3.8, 4) is 0 Å². The van der Waals surface area contributed by atoms with Crippen LogP contribution < -0.4 is 0 Å². The van der Waals surface area contributed by atoms with E-state index < -0.39 is 0 Å². The molecule has 0 radical (unpaired) electrons. The lowest BCUT2D eigenvalue weighted by Gasteiger charge is -2.34. The number of hydrogen-bond donors (Lipinski definition) is 0. The van der Waals surface area contributed by atoms with Crippen LogP contribution in [0.1, 0.15) is 60.3 Å². The van der Waals surface area contributed by atoms with Crippen molar-refractivity contribution in [1.82, 2.24) is 5.01 Å². The molecule has 1 atom stereocenters. The third-order valence-corrected chi connectivity index (χ3v) is 3.85. The largest absolute Gasteiger partial charge is 0.275 e. The maximum Gasteiger partial charge on any atom is 0.136 e. The molecule has 18 heavy (non-hydrogen) atoms. The fraction of sp³-hybridized carbons (Fsp3) is 0.867. The zero-order valence-corrected chi connectivity index (χ0v) is 12.7. The second-order valence-corrected chi connectivity index (χ2v) is 7.02. The first kappa shape index (κ1) is 15.2. The molecular formula is C15H29N3. The zero-order valence-electron chi connectivity index (χ0n) is 12.7. The molecule has 0 amide bonds. The Morgan fingerprint density at radius 2 is 1.78 bits per heavy atom. The fourth-order valence-electron chi connectivity index (χ4n) is 2.80. The van der Waals surface area contributed by atoms with Crippen LogP contribution >= 0.6 is 0 Å². The van der Waals surface area contributed by atoms with Gasteiger partial charge in [-0.25, -0.2) is 0 Å². The number of hydrazone groups is 1. The van der Waals surface area contributed by atoms with Gasteiger partial charge in [0.2, 0.25) is 0 Å². The smallest absolute Gasteiger partial charge is 0.136 e. The van der Waals surface area contributed by atoms with Gasteiger partial charge in [0.05, 0.1) is 0 Å². The van der Waals surface area contributed by atoms with Gasteiger partial charge in [0.25, 0.3) is 0 Å². The standard InChI is InChI=1S/C15H29N3/c1-7-17-18-12-15(4,5)10-8-9-14(2,3)11-13(18)16-6/h7,13H,6,8-12H2,1-5H3/b17-7-. The lowest BCUT2D eigenvalue weighted by Crippen LogP contribution is -2.38. The van der Waals surface area contributed by atoms with Crippen LogP contribution in [0.25, 0.3) is 0 Å². The van der Waals surface area contributed by atoms with E-state index >= 15 is 0 Å². The second-order valence-electron chi connectivity index (χ2n) is 7.02. The van der Waals surface area contributed by atoms with Crippen LogP contribution in [0.4, 0.5) is 0 Å². The highest BCUT2D eigenvalue weighted by Crippen LogP contribution is 2.37. The van der Waals surface area contributed by atoms with Gasteiger partial charge in [-0.1, -0.05) is 34.1 Å². The Morgan fingerprint density at radius 3 is 2.33 bits per heavy atom. The van der Waals surface area contributed by atoms with Gasteiger partial charge < -0.3 is 0 Å². The van der Waals surface area contributed by atoms with Gasteiger partial charge in [-0.05, 0) is 43.7 Å². The van der Waals surface area contributed by atoms with Crippen molar-refractivity contribution >= 4 is 12.9 Å². The number of rotatable bonds is 2. The van der Waals surface area contributed by atoms with E-state index in [9.17, 15) is 0 Å². The molecule has 0 spiro atoms. The summed E-state index contributed by atoms with van der Waals surface area (Å²) in [4.78, 5) is 4.31. The monoisotopic (exact) mass is 251 g/mol. The maximum absolute atomic E-state index is 4.51. The molecule has 1 fully saturated rings. The number of nitrogens with zero attached hydrogens (tertiary/aromatic N) is 3. The minimum atomic E-state index is 0.105. The van der Waals surface area contributed by atoms with Crippen LogP contribution in [-0.2, 0) is 0 Å². The van der Waals surface area contributed by atoms with E-state index in [1.807, 2.05) is 13.1 Å².